The molecule has 0 aliphatic carbocycles. The van der Waals surface area contributed by atoms with Crippen LogP contribution >= 0.6 is 0 Å². The van der Waals surface area contributed by atoms with E-state index in [1.165, 1.54) is 16.7 Å². The monoisotopic (exact) mass is 271 g/mol. The molecule has 2 aromatic rings. The largest absolute Gasteiger partial charge is 0.493 e. The van der Waals surface area contributed by atoms with Crippen LogP contribution in [0, 0.1) is 6.92 Å². The van der Waals surface area contributed by atoms with Gasteiger partial charge in [0, 0.05) is 18.0 Å². The van der Waals surface area contributed by atoms with Crippen molar-refractivity contribution in [1.29, 1.82) is 0 Å². The molecule has 0 saturated carbocycles. The lowest BCUT2D eigenvalue weighted by Crippen LogP contribution is -2.17. The maximum Gasteiger partial charge on any atom is 0.122 e. The van der Waals surface area contributed by atoms with Gasteiger partial charge in [0.25, 0.3) is 0 Å². The summed E-state index contributed by atoms with van der Waals surface area (Å²) in [7, 11) is 2.01. The fraction of sp³-hybridized carbons (Fsp3) is 0.412. The SMILES string of the molecule is CNC(CCc1ccc2c(c1)CCO2)c1ccoc1C. The van der Waals surface area contributed by atoms with Crippen LogP contribution in [-0.4, -0.2) is 13.7 Å². The Balaban J connectivity index is 1.68. The maximum atomic E-state index is 5.55. The van der Waals surface area contributed by atoms with E-state index in [1.807, 2.05) is 14.0 Å². The van der Waals surface area contributed by atoms with E-state index in [0.29, 0.717) is 6.04 Å². The molecule has 0 fully saturated rings. The molecule has 2 heterocycles. The van der Waals surface area contributed by atoms with Crippen LogP contribution in [0.15, 0.2) is 34.9 Å². The summed E-state index contributed by atoms with van der Waals surface area (Å²) in [5.41, 5.74) is 4.00. The van der Waals surface area contributed by atoms with Crippen LogP contribution < -0.4 is 10.1 Å². The standard InChI is InChI=1S/C17H21NO2/c1-12-15(8-10-19-12)16(18-2)5-3-13-4-6-17-14(11-13)7-9-20-17/h4,6,8,10-11,16,18H,3,5,7,9H2,1-2H3. The minimum absolute atomic E-state index is 0.346. The molecule has 0 bridgehead atoms. The lowest BCUT2D eigenvalue weighted by atomic mass is 9.98. The zero-order valence-electron chi connectivity index (χ0n) is 12.1. The van der Waals surface area contributed by atoms with Crippen molar-refractivity contribution < 1.29 is 9.15 Å². The Labute approximate surface area is 119 Å². The van der Waals surface area contributed by atoms with Crippen molar-refractivity contribution in [1.82, 2.24) is 5.32 Å². The molecule has 0 spiro atoms. The van der Waals surface area contributed by atoms with Gasteiger partial charge in [-0.25, -0.2) is 0 Å². The van der Waals surface area contributed by atoms with E-state index in [4.69, 9.17) is 9.15 Å². The minimum Gasteiger partial charge on any atom is -0.493 e. The Morgan fingerprint density at radius 2 is 2.20 bits per heavy atom. The third-order valence-corrected chi connectivity index (χ3v) is 4.10. The van der Waals surface area contributed by atoms with Gasteiger partial charge in [0.1, 0.15) is 11.5 Å². The topological polar surface area (TPSA) is 34.4 Å². The van der Waals surface area contributed by atoms with E-state index in [1.54, 1.807) is 6.26 Å². The molecule has 3 rings (SSSR count). The number of hydrogen-bond donors (Lipinski definition) is 1. The van der Waals surface area contributed by atoms with Gasteiger partial charge in [-0.3, -0.25) is 0 Å². The zero-order chi connectivity index (χ0) is 13.9. The number of furan rings is 1. The van der Waals surface area contributed by atoms with Gasteiger partial charge in [-0.15, -0.1) is 0 Å². The number of ether oxygens (including phenoxy) is 1. The van der Waals surface area contributed by atoms with Crippen molar-refractivity contribution in [3.05, 3.63) is 53.0 Å². The van der Waals surface area contributed by atoms with Gasteiger partial charge in [0.15, 0.2) is 0 Å². The molecular weight excluding hydrogens is 250 g/mol. The molecule has 1 unspecified atom stereocenters. The fourth-order valence-electron chi connectivity index (χ4n) is 2.92. The van der Waals surface area contributed by atoms with Gasteiger partial charge in [-0.2, -0.15) is 0 Å². The van der Waals surface area contributed by atoms with Gasteiger partial charge in [0.2, 0.25) is 0 Å². The Hall–Kier alpha value is -1.74. The average molecular weight is 271 g/mol. The van der Waals surface area contributed by atoms with Crippen LogP contribution in [-0.2, 0) is 12.8 Å². The second-order valence-electron chi connectivity index (χ2n) is 5.35. The van der Waals surface area contributed by atoms with Crippen molar-refractivity contribution in [3.63, 3.8) is 0 Å². The highest BCUT2D eigenvalue weighted by molar-refractivity contribution is 5.39. The van der Waals surface area contributed by atoms with Crippen molar-refractivity contribution in [2.45, 2.75) is 32.2 Å². The predicted octanol–water partition coefficient (Wildman–Crippen LogP) is 3.42. The van der Waals surface area contributed by atoms with Crippen molar-refractivity contribution in [3.8, 4) is 5.75 Å². The molecule has 0 saturated heterocycles. The van der Waals surface area contributed by atoms with Gasteiger partial charge in [0.05, 0.1) is 12.9 Å². The van der Waals surface area contributed by atoms with Gasteiger partial charge < -0.3 is 14.5 Å². The molecule has 20 heavy (non-hydrogen) atoms. The predicted molar refractivity (Wildman–Crippen MR) is 79.2 cm³/mol. The van der Waals surface area contributed by atoms with Crippen LogP contribution in [0.1, 0.15) is 34.9 Å². The Kier molecular flexibility index (Phi) is 3.79. The molecule has 3 heteroatoms. The van der Waals surface area contributed by atoms with E-state index >= 15 is 0 Å². The zero-order valence-corrected chi connectivity index (χ0v) is 12.1. The van der Waals surface area contributed by atoms with E-state index in [2.05, 4.69) is 29.6 Å². The number of benzene rings is 1. The molecule has 0 amide bonds. The first kappa shape index (κ1) is 13.3. The summed E-state index contributed by atoms with van der Waals surface area (Å²) in [6.45, 7) is 2.85. The van der Waals surface area contributed by atoms with Crippen molar-refractivity contribution in [2.75, 3.05) is 13.7 Å². The van der Waals surface area contributed by atoms with Crippen LogP contribution in [0.2, 0.25) is 0 Å². The highest BCUT2D eigenvalue weighted by Gasteiger charge is 2.15. The number of fused-ring (bicyclic) bond motifs is 1. The van der Waals surface area contributed by atoms with E-state index in [9.17, 15) is 0 Å². The highest BCUT2D eigenvalue weighted by Crippen LogP contribution is 2.28. The fourth-order valence-corrected chi connectivity index (χ4v) is 2.92. The Morgan fingerprint density at radius 1 is 1.30 bits per heavy atom. The molecular formula is C17H21NO2. The maximum absolute atomic E-state index is 5.55. The first-order valence-corrected chi connectivity index (χ1v) is 7.24. The van der Waals surface area contributed by atoms with Crippen LogP contribution in [0.3, 0.4) is 0 Å². The molecule has 1 atom stereocenters. The molecule has 1 aromatic heterocycles. The van der Waals surface area contributed by atoms with Gasteiger partial charge in [-0.1, -0.05) is 12.1 Å². The number of hydrogen-bond acceptors (Lipinski definition) is 3. The van der Waals surface area contributed by atoms with Crippen LogP contribution in [0.25, 0.3) is 0 Å². The molecule has 0 radical (unpaired) electrons. The molecule has 1 aliphatic heterocycles. The van der Waals surface area contributed by atoms with Crippen LogP contribution in [0.5, 0.6) is 5.75 Å². The number of aryl methyl sites for hydroxylation is 2. The number of rotatable bonds is 5. The number of nitrogens with one attached hydrogen (secondary N) is 1. The van der Waals surface area contributed by atoms with Gasteiger partial charge in [-0.05, 0) is 50.1 Å². The summed E-state index contributed by atoms with van der Waals surface area (Å²) in [5, 5.41) is 3.38. The Bertz CT molecular complexity index is 588. The molecule has 106 valence electrons. The molecule has 1 aliphatic rings. The Morgan fingerprint density at radius 3 is 2.95 bits per heavy atom. The second kappa shape index (κ2) is 5.71. The van der Waals surface area contributed by atoms with Gasteiger partial charge >= 0.3 is 0 Å². The summed E-state index contributed by atoms with van der Waals surface area (Å²) in [5.74, 6) is 2.07. The third-order valence-electron chi connectivity index (χ3n) is 4.10. The lowest BCUT2D eigenvalue weighted by Gasteiger charge is -2.15. The molecule has 1 aromatic carbocycles. The average Bonchev–Trinajstić information content (AvgIpc) is 3.08. The smallest absolute Gasteiger partial charge is 0.122 e. The first-order chi connectivity index (χ1) is 9.78. The summed E-state index contributed by atoms with van der Waals surface area (Å²) in [4.78, 5) is 0. The molecule has 3 nitrogen and oxygen atoms in total. The summed E-state index contributed by atoms with van der Waals surface area (Å²) in [6.07, 6.45) is 4.93. The normalized spacial score (nSPS) is 14.9. The summed E-state index contributed by atoms with van der Waals surface area (Å²) >= 11 is 0. The first-order valence-electron chi connectivity index (χ1n) is 7.24. The second-order valence-corrected chi connectivity index (χ2v) is 5.35. The highest BCUT2D eigenvalue weighted by atomic mass is 16.5. The lowest BCUT2D eigenvalue weighted by molar-refractivity contribution is 0.357. The summed E-state index contributed by atoms with van der Waals surface area (Å²) < 4.78 is 11.0. The molecule has 1 N–H and O–H groups in total. The van der Waals surface area contributed by atoms with Crippen LogP contribution in [0.4, 0.5) is 0 Å². The van der Waals surface area contributed by atoms with Crippen molar-refractivity contribution >= 4 is 0 Å². The van der Waals surface area contributed by atoms with E-state index in [0.717, 1.165) is 37.4 Å². The summed E-state index contributed by atoms with van der Waals surface area (Å²) in [6, 6.07) is 8.98. The quantitative estimate of drug-likeness (QED) is 0.905. The van der Waals surface area contributed by atoms with Crippen molar-refractivity contribution in [2.24, 2.45) is 0 Å². The van der Waals surface area contributed by atoms with E-state index in [-0.39, 0.29) is 0 Å². The third kappa shape index (κ3) is 2.59. The van der Waals surface area contributed by atoms with E-state index < -0.39 is 0 Å². The minimum atomic E-state index is 0.346.